The van der Waals surface area contributed by atoms with E-state index in [1.54, 1.807) is 0 Å². The molecular weight excluding hydrogens is 286 g/mol. The molecule has 1 aromatic rings. The molecule has 2 rings (SSSR count). The highest BCUT2D eigenvalue weighted by Crippen LogP contribution is 2.26. The van der Waals surface area contributed by atoms with Gasteiger partial charge in [-0.05, 0) is 37.8 Å². The Morgan fingerprint density at radius 2 is 1.60 bits per heavy atom. The van der Waals surface area contributed by atoms with Crippen molar-refractivity contribution in [3.05, 3.63) is 29.8 Å². The molecule has 7 heteroatoms. The van der Waals surface area contributed by atoms with Crippen LogP contribution in [0.4, 0.5) is 8.78 Å². The second-order valence-electron chi connectivity index (χ2n) is 5.20. The normalized spacial score (nSPS) is 24.1. The predicted molar refractivity (Wildman–Crippen MR) is 71.5 cm³/mol. The lowest BCUT2D eigenvalue weighted by Gasteiger charge is -2.32. The quantitative estimate of drug-likeness (QED) is 0.927. The third-order valence-electron chi connectivity index (χ3n) is 3.77. The van der Waals surface area contributed by atoms with Gasteiger partial charge in [0.05, 0.1) is 4.90 Å². The van der Waals surface area contributed by atoms with Crippen LogP contribution in [0.25, 0.3) is 0 Å². The lowest BCUT2D eigenvalue weighted by molar-refractivity contribution is 0.268. The van der Waals surface area contributed by atoms with E-state index in [1.807, 2.05) is 0 Å². The third-order valence-corrected chi connectivity index (χ3v) is 5.66. The Hall–Kier alpha value is -1.05. The molecule has 0 radical (unpaired) electrons. The molecule has 20 heavy (non-hydrogen) atoms. The lowest BCUT2D eigenvalue weighted by Crippen LogP contribution is -2.41. The van der Waals surface area contributed by atoms with E-state index in [9.17, 15) is 17.2 Å². The van der Waals surface area contributed by atoms with E-state index in [0.29, 0.717) is 18.9 Å². The first-order chi connectivity index (χ1) is 9.30. The average Bonchev–Trinajstić information content (AvgIpc) is 2.37. The summed E-state index contributed by atoms with van der Waals surface area (Å²) in [5.41, 5.74) is 5.79. The van der Waals surface area contributed by atoms with Crippen molar-refractivity contribution in [3.8, 4) is 0 Å². The standard InChI is InChI=1S/C13H18F2N2O2S/c1-17(12-4-2-11(16)3-5-12)20(18,19)13-7-9(14)6-10(15)8-13/h6-8,11-12H,2-5,16H2,1H3. The molecule has 0 atom stereocenters. The molecule has 0 unspecified atom stereocenters. The van der Waals surface area contributed by atoms with Gasteiger partial charge in [-0.25, -0.2) is 17.2 Å². The Morgan fingerprint density at radius 3 is 2.10 bits per heavy atom. The fraction of sp³-hybridized carbons (Fsp3) is 0.538. The molecule has 112 valence electrons. The molecule has 1 saturated carbocycles. The zero-order chi connectivity index (χ0) is 14.9. The van der Waals surface area contributed by atoms with Crippen molar-refractivity contribution in [1.29, 1.82) is 0 Å². The number of nitrogens with two attached hydrogens (primary N) is 1. The summed E-state index contributed by atoms with van der Waals surface area (Å²) in [6.45, 7) is 0. The Bertz CT molecular complexity index is 564. The zero-order valence-corrected chi connectivity index (χ0v) is 12.0. The number of benzene rings is 1. The number of halogens is 2. The van der Waals surface area contributed by atoms with Gasteiger partial charge in [-0.15, -0.1) is 0 Å². The molecule has 1 aliphatic carbocycles. The molecule has 0 bridgehead atoms. The molecule has 1 fully saturated rings. The van der Waals surface area contributed by atoms with Crippen LogP contribution in [0.1, 0.15) is 25.7 Å². The van der Waals surface area contributed by atoms with E-state index in [1.165, 1.54) is 11.4 Å². The molecule has 1 aromatic carbocycles. The van der Waals surface area contributed by atoms with Crippen LogP contribution < -0.4 is 5.73 Å². The van der Waals surface area contributed by atoms with Gasteiger partial charge < -0.3 is 5.73 Å². The third kappa shape index (κ3) is 3.16. The predicted octanol–water partition coefficient (Wildman–Crippen LogP) is 1.86. The first-order valence-electron chi connectivity index (χ1n) is 6.50. The van der Waals surface area contributed by atoms with Gasteiger partial charge in [0.15, 0.2) is 0 Å². The molecule has 4 nitrogen and oxygen atoms in total. The van der Waals surface area contributed by atoms with Crippen molar-refractivity contribution in [1.82, 2.24) is 4.31 Å². The van der Waals surface area contributed by atoms with Crippen LogP contribution in [0.3, 0.4) is 0 Å². The Labute approximate surface area is 117 Å². The molecule has 1 aliphatic rings. The van der Waals surface area contributed by atoms with Gasteiger partial charge in [0.2, 0.25) is 10.0 Å². The second kappa shape index (κ2) is 5.75. The fourth-order valence-corrected chi connectivity index (χ4v) is 3.96. The van der Waals surface area contributed by atoms with Gasteiger partial charge in [-0.2, -0.15) is 4.31 Å². The summed E-state index contributed by atoms with van der Waals surface area (Å²) in [5, 5.41) is 0. The monoisotopic (exact) mass is 304 g/mol. The number of hydrogen-bond acceptors (Lipinski definition) is 3. The van der Waals surface area contributed by atoms with Gasteiger partial charge >= 0.3 is 0 Å². The van der Waals surface area contributed by atoms with Crippen LogP contribution in [0.15, 0.2) is 23.1 Å². The maximum atomic E-state index is 13.2. The van der Waals surface area contributed by atoms with Crippen LogP contribution in [-0.4, -0.2) is 31.9 Å². The van der Waals surface area contributed by atoms with E-state index in [0.717, 1.165) is 25.0 Å². The summed E-state index contributed by atoms with van der Waals surface area (Å²) < 4.78 is 52.3. The van der Waals surface area contributed by atoms with E-state index < -0.39 is 21.7 Å². The smallest absolute Gasteiger partial charge is 0.243 e. The zero-order valence-electron chi connectivity index (χ0n) is 11.2. The average molecular weight is 304 g/mol. The minimum Gasteiger partial charge on any atom is -0.328 e. The number of nitrogens with zero attached hydrogens (tertiary/aromatic N) is 1. The van der Waals surface area contributed by atoms with Crippen molar-refractivity contribution < 1.29 is 17.2 Å². The summed E-state index contributed by atoms with van der Waals surface area (Å²) in [6, 6.07) is 2.26. The van der Waals surface area contributed by atoms with Crippen molar-refractivity contribution in [2.24, 2.45) is 5.73 Å². The lowest BCUT2D eigenvalue weighted by atomic mass is 9.92. The van der Waals surface area contributed by atoms with E-state index >= 15 is 0 Å². The minimum absolute atomic E-state index is 0.106. The molecular formula is C13H18F2N2O2S. The summed E-state index contributed by atoms with van der Waals surface area (Å²) in [4.78, 5) is -0.354. The van der Waals surface area contributed by atoms with E-state index in [4.69, 9.17) is 5.73 Å². The number of hydrogen-bond donors (Lipinski definition) is 1. The van der Waals surface area contributed by atoms with Crippen LogP contribution in [0.5, 0.6) is 0 Å². The molecule has 0 spiro atoms. The van der Waals surface area contributed by atoms with Crippen molar-refractivity contribution in [2.45, 2.75) is 42.7 Å². The maximum Gasteiger partial charge on any atom is 0.243 e. The molecule has 0 aromatic heterocycles. The fourth-order valence-electron chi connectivity index (χ4n) is 2.51. The van der Waals surface area contributed by atoms with Gasteiger partial charge in [0.1, 0.15) is 11.6 Å². The topological polar surface area (TPSA) is 63.4 Å². The van der Waals surface area contributed by atoms with Crippen LogP contribution in [0.2, 0.25) is 0 Å². The van der Waals surface area contributed by atoms with E-state index in [-0.39, 0.29) is 17.0 Å². The summed E-state index contributed by atoms with van der Waals surface area (Å²) in [6.07, 6.45) is 2.83. The Kier molecular flexibility index (Phi) is 4.41. The molecule has 0 saturated heterocycles. The van der Waals surface area contributed by atoms with E-state index in [2.05, 4.69) is 0 Å². The Morgan fingerprint density at radius 1 is 1.10 bits per heavy atom. The summed E-state index contributed by atoms with van der Waals surface area (Å²) in [5.74, 6) is -1.80. The molecule has 0 heterocycles. The van der Waals surface area contributed by atoms with Crippen molar-refractivity contribution in [2.75, 3.05) is 7.05 Å². The second-order valence-corrected chi connectivity index (χ2v) is 7.19. The van der Waals surface area contributed by atoms with Crippen LogP contribution >= 0.6 is 0 Å². The van der Waals surface area contributed by atoms with Gasteiger partial charge in [-0.3, -0.25) is 0 Å². The van der Waals surface area contributed by atoms with Crippen molar-refractivity contribution >= 4 is 10.0 Å². The first-order valence-corrected chi connectivity index (χ1v) is 7.94. The molecule has 2 N–H and O–H groups in total. The molecule has 0 aliphatic heterocycles. The first kappa shape index (κ1) is 15.3. The van der Waals surface area contributed by atoms with Crippen LogP contribution in [0, 0.1) is 11.6 Å². The highest BCUT2D eigenvalue weighted by atomic mass is 32.2. The summed E-state index contributed by atoms with van der Waals surface area (Å²) >= 11 is 0. The largest absolute Gasteiger partial charge is 0.328 e. The Balaban J connectivity index is 2.25. The highest BCUT2D eigenvalue weighted by molar-refractivity contribution is 7.89. The minimum atomic E-state index is -3.89. The highest BCUT2D eigenvalue weighted by Gasteiger charge is 2.31. The SMILES string of the molecule is CN(C1CCC(N)CC1)S(=O)(=O)c1cc(F)cc(F)c1. The number of rotatable bonds is 3. The number of sulfonamides is 1. The van der Waals surface area contributed by atoms with Crippen LogP contribution in [-0.2, 0) is 10.0 Å². The van der Waals surface area contributed by atoms with Gasteiger partial charge in [0, 0.05) is 25.2 Å². The van der Waals surface area contributed by atoms with Gasteiger partial charge in [-0.1, -0.05) is 0 Å². The van der Waals surface area contributed by atoms with Crippen molar-refractivity contribution in [3.63, 3.8) is 0 Å². The van der Waals surface area contributed by atoms with Gasteiger partial charge in [0.25, 0.3) is 0 Å². The maximum absolute atomic E-state index is 13.2. The summed E-state index contributed by atoms with van der Waals surface area (Å²) in [7, 11) is -2.44. The molecule has 0 amide bonds.